The fraction of sp³-hybridized carbons (Fsp3) is 0.333. The molecule has 0 spiro atoms. The lowest BCUT2D eigenvalue weighted by atomic mass is 9.98. The molecule has 2 N–H and O–H groups in total. The SMILES string of the molecule is CC1CCN(c2ccc(NC(C#N)=C(C#N)C#N)cc2C(=O)O)CC1. The number of nitriles is 3. The number of carboxylic acid groups (broad SMARTS) is 1. The van der Waals surface area contributed by atoms with Gasteiger partial charge in [0.15, 0.2) is 5.57 Å². The summed E-state index contributed by atoms with van der Waals surface area (Å²) in [7, 11) is 0. The van der Waals surface area contributed by atoms with E-state index < -0.39 is 5.97 Å². The molecule has 7 heteroatoms. The van der Waals surface area contributed by atoms with Crippen LogP contribution in [0, 0.1) is 39.9 Å². The molecular formula is C18H17N5O2. The van der Waals surface area contributed by atoms with Crippen molar-refractivity contribution in [2.24, 2.45) is 5.92 Å². The van der Waals surface area contributed by atoms with Gasteiger partial charge in [-0.25, -0.2) is 4.79 Å². The molecule has 1 aliphatic rings. The van der Waals surface area contributed by atoms with Gasteiger partial charge in [0.25, 0.3) is 0 Å². The monoisotopic (exact) mass is 335 g/mol. The van der Waals surface area contributed by atoms with Crippen LogP contribution in [0.15, 0.2) is 29.5 Å². The van der Waals surface area contributed by atoms with E-state index in [0.29, 0.717) is 17.3 Å². The Kier molecular flexibility index (Phi) is 5.61. The van der Waals surface area contributed by atoms with E-state index in [4.69, 9.17) is 15.8 Å². The number of rotatable bonds is 4. The molecule has 1 aromatic rings. The molecule has 1 saturated heterocycles. The van der Waals surface area contributed by atoms with Crippen molar-refractivity contribution in [3.63, 3.8) is 0 Å². The topological polar surface area (TPSA) is 124 Å². The Morgan fingerprint density at radius 2 is 1.84 bits per heavy atom. The van der Waals surface area contributed by atoms with Crippen LogP contribution in [0.5, 0.6) is 0 Å². The van der Waals surface area contributed by atoms with Gasteiger partial charge >= 0.3 is 5.97 Å². The summed E-state index contributed by atoms with van der Waals surface area (Å²) in [6.45, 7) is 3.77. The van der Waals surface area contributed by atoms with E-state index in [0.717, 1.165) is 25.9 Å². The maximum absolute atomic E-state index is 11.6. The number of piperidine rings is 1. The van der Waals surface area contributed by atoms with Gasteiger partial charge in [-0.05, 0) is 37.0 Å². The maximum Gasteiger partial charge on any atom is 0.337 e. The Bertz CT molecular complexity index is 814. The summed E-state index contributed by atoms with van der Waals surface area (Å²) in [6.07, 6.45) is 2.02. The molecule has 0 amide bonds. The van der Waals surface area contributed by atoms with Crippen molar-refractivity contribution in [3.8, 4) is 18.2 Å². The van der Waals surface area contributed by atoms with Crippen molar-refractivity contribution in [1.82, 2.24) is 0 Å². The van der Waals surface area contributed by atoms with Gasteiger partial charge in [0, 0.05) is 18.8 Å². The third-order valence-corrected chi connectivity index (χ3v) is 4.21. The first-order valence-corrected chi connectivity index (χ1v) is 7.84. The third kappa shape index (κ3) is 4.07. The zero-order valence-corrected chi connectivity index (χ0v) is 13.8. The van der Waals surface area contributed by atoms with Crippen molar-refractivity contribution in [1.29, 1.82) is 15.8 Å². The highest BCUT2D eigenvalue weighted by atomic mass is 16.4. The van der Waals surface area contributed by atoms with E-state index in [1.807, 2.05) is 4.90 Å². The lowest BCUT2D eigenvalue weighted by Gasteiger charge is -2.33. The van der Waals surface area contributed by atoms with E-state index in [1.54, 1.807) is 30.3 Å². The summed E-state index contributed by atoms with van der Waals surface area (Å²) in [4.78, 5) is 13.7. The molecule has 0 unspecified atom stereocenters. The normalized spacial score (nSPS) is 13.9. The summed E-state index contributed by atoms with van der Waals surface area (Å²) in [5.74, 6) is -0.440. The number of hydrogen-bond donors (Lipinski definition) is 2. The zero-order chi connectivity index (χ0) is 18.4. The van der Waals surface area contributed by atoms with Crippen LogP contribution in [0.1, 0.15) is 30.1 Å². The number of anilines is 2. The van der Waals surface area contributed by atoms with Crippen LogP contribution < -0.4 is 10.2 Å². The first-order chi connectivity index (χ1) is 12.0. The molecule has 25 heavy (non-hydrogen) atoms. The van der Waals surface area contributed by atoms with Gasteiger partial charge in [-0.3, -0.25) is 0 Å². The lowest BCUT2D eigenvalue weighted by molar-refractivity contribution is 0.0697. The minimum atomic E-state index is -1.07. The van der Waals surface area contributed by atoms with Gasteiger partial charge in [0.05, 0.1) is 11.3 Å². The van der Waals surface area contributed by atoms with Crippen LogP contribution in [0.25, 0.3) is 0 Å². The number of carboxylic acids is 1. The van der Waals surface area contributed by atoms with Crippen LogP contribution in [-0.4, -0.2) is 24.2 Å². The van der Waals surface area contributed by atoms with Gasteiger partial charge in [-0.2, -0.15) is 15.8 Å². The van der Waals surface area contributed by atoms with Gasteiger partial charge < -0.3 is 15.3 Å². The van der Waals surface area contributed by atoms with E-state index in [1.165, 1.54) is 6.07 Å². The Labute approximate surface area is 146 Å². The standard InChI is InChI=1S/C18H17N5O2/c1-12-4-6-23(7-5-12)17-3-2-14(8-15(17)18(24)25)22-16(11-21)13(9-19)10-20/h2-3,8,12,22H,4-7H2,1H3,(H,24,25). The number of carbonyl (C=O) groups is 1. The fourth-order valence-corrected chi connectivity index (χ4v) is 2.74. The molecule has 0 atom stereocenters. The first-order valence-electron chi connectivity index (χ1n) is 7.84. The number of nitrogens with one attached hydrogen (secondary N) is 1. The Hall–Kier alpha value is -3.50. The smallest absolute Gasteiger partial charge is 0.337 e. The molecule has 1 aliphatic heterocycles. The highest BCUT2D eigenvalue weighted by molar-refractivity contribution is 5.96. The predicted molar refractivity (Wildman–Crippen MR) is 91.5 cm³/mol. The molecule has 1 aromatic carbocycles. The maximum atomic E-state index is 11.6. The lowest BCUT2D eigenvalue weighted by Crippen LogP contribution is -2.33. The highest BCUT2D eigenvalue weighted by Crippen LogP contribution is 2.29. The Morgan fingerprint density at radius 1 is 1.20 bits per heavy atom. The molecule has 0 aliphatic carbocycles. The van der Waals surface area contributed by atoms with Crippen LogP contribution in [0.4, 0.5) is 11.4 Å². The molecule has 1 fully saturated rings. The van der Waals surface area contributed by atoms with Crippen molar-refractivity contribution in [2.45, 2.75) is 19.8 Å². The number of allylic oxidation sites excluding steroid dienone is 2. The molecular weight excluding hydrogens is 318 g/mol. The average Bonchev–Trinajstić information content (AvgIpc) is 2.62. The van der Waals surface area contributed by atoms with Gasteiger partial charge in [0.1, 0.15) is 23.9 Å². The number of hydrogen-bond acceptors (Lipinski definition) is 6. The second kappa shape index (κ2) is 7.86. The average molecular weight is 335 g/mol. The van der Waals surface area contributed by atoms with Crippen LogP contribution >= 0.6 is 0 Å². The predicted octanol–water partition coefficient (Wildman–Crippen LogP) is 2.86. The minimum absolute atomic E-state index is 0.118. The molecule has 0 bridgehead atoms. The second-order valence-corrected chi connectivity index (χ2v) is 5.92. The summed E-state index contributed by atoms with van der Waals surface area (Å²) < 4.78 is 0. The highest BCUT2D eigenvalue weighted by Gasteiger charge is 2.21. The van der Waals surface area contributed by atoms with E-state index in [9.17, 15) is 9.90 Å². The molecule has 126 valence electrons. The van der Waals surface area contributed by atoms with Gasteiger partial charge in [0.2, 0.25) is 0 Å². The van der Waals surface area contributed by atoms with Gasteiger partial charge in [-0.1, -0.05) is 6.92 Å². The molecule has 7 nitrogen and oxygen atoms in total. The van der Waals surface area contributed by atoms with E-state index in [2.05, 4.69) is 12.2 Å². The number of nitrogens with zero attached hydrogens (tertiary/aromatic N) is 4. The summed E-state index contributed by atoms with van der Waals surface area (Å²) >= 11 is 0. The van der Waals surface area contributed by atoms with Crippen molar-refractivity contribution in [3.05, 3.63) is 35.0 Å². The summed E-state index contributed by atoms with van der Waals surface area (Å²) in [6, 6.07) is 9.77. The van der Waals surface area contributed by atoms with Crippen LogP contribution in [0.3, 0.4) is 0 Å². The van der Waals surface area contributed by atoms with Crippen LogP contribution in [-0.2, 0) is 0 Å². The quantitative estimate of drug-likeness (QED) is 0.811. The van der Waals surface area contributed by atoms with Crippen molar-refractivity contribution < 1.29 is 9.90 Å². The van der Waals surface area contributed by atoms with Gasteiger partial charge in [-0.15, -0.1) is 0 Å². The zero-order valence-electron chi connectivity index (χ0n) is 13.8. The Balaban J connectivity index is 2.35. The van der Waals surface area contributed by atoms with Crippen molar-refractivity contribution in [2.75, 3.05) is 23.3 Å². The molecule has 0 saturated carbocycles. The molecule has 1 heterocycles. The largest absolute Gasteiger partial charge is 0.478 e. The van der Waals surface area contributed by atoms with Crippen molar-refractivity contribution >= 4 is 17.3 Å². The Morgan fingerprint density at radius 3 is 2.36 bits per heavy atom. The number of benzene rings is 1. The van der Waals surface area contributed by atoms with E-state index >= 15 is 0 Å². The van der Waals surface area contributed by atoms with E-state index in [-0.39, 0.29) is 16.8 Å². The molecule has 0 aromatic heterocycles. The second-order valence-electron chi connectivity index (χ2n) is 5.92. The number of aromatic carboxylic acids is 1. The first kappa shape index (κ1) is 17.8. The summed E-state index contributed by atoms with van der Waals surface area (Å²) in [5, 5.41) is 39.0. The fourth-order valence-electron chi connectivity index (χ4n) is 2.74. The molecule has 2 rings (SSSR count). The van der Waals surface area contributed by atoms with Crippen LogP contribution in [0.2, 0.25) is 0 Å². The molecule has 0 radical (unpaired) electrons. The minimum Gasteiger partial charge on any atom is -0.478 e. The summed E-state index contributed by atoms with van der Waals surface area (Å²) in [5.41, 5.74) is 0.529. The third-order valence-electron chi connectivity index (χ3n) is 4.21.